The van der Waals surface area contributed by atoms with Gasteiger partial charge in [0, 0.05) is 13.1 Å². The molecule has 0 spiro atoms. The second-order valence-corrected chi connectivity index (χ2v) is 3.26. The minimum Gasteiger partial charge on any atom is -0.357 e. The van der Waals surface area contributed by atoms with E-state index in [4.69, 9.17) is 0 Å². The third-order valence-corrected chi connectivity index (χ3v) is 1.98. The fraction of sp³-hybridized carbons (Fsp3) is 0.600. The van der Waals surface area contributed by atoms with Gasteiger partial charge in [-0.3, -0.25) is 9.59 Å². The van der Waals surface area contributed by atoms with Gasteiger partial charge in [0.15, 0.2) is 0 Å². The van der Waals surface area contributed by atoms with E-state index in [1.807, 2.05) is 7.85 Å². The van der Waals surface area contributed by atoms with Crippen LogP contribution >= 0.6 is 0 Å². The van der Waals surface area contributed by atoms with E-state index in [1.165, 1.54) is 6.08 Å². The normalized spacial score (nSPS) is 9.33. The average Bonchev–Trinajstić information content (AvgIpc) is 2.26. The van der Waals surface area contributed by atoms with Gasteiger partial charge in [0.05, 0.1) is 0 Å². The van der Waals surface area contributed by atoms with E-state index in [2.05, 4.69) is 17.2 Å². The summed E-state index contributed by atoms with van der Waals surface area (Å²) in [6.45, 7) is 4.76. The Morgan fingerprint density at radius 3 is 2.27 bits per heavy atom. The molecule has 0 rings (SSSR count). The van der Waals surface area contributed by atoms with E-state index in [9.17, 15) is 9.59 Å². The van der Waals surface area contributed by atoms with Crippen LogP contribution < -0.4 is 10.6 Å². The number of unbranched alkanes of at least 4 members (excludes halogenated alkanes) is 2. The number of carbonyl (C=O) groups excluding carboxylic acids is 2. The minimum atomic E-state index is -0.130. The molecule has 0 aliphatic carbocycles. The number of nitrogens with one attached hydrogen (secondary N) is 2. The zero-order valence-corrected chi connectivity index (χ0v) is 9.34. The van der Waals surface area contributed by atoms with E-state index in [-0.39, 0.29) is 11.8 Å². The lowest BCUT2D eigenvalue weighted by molar-refractivity contribution is -0.119. The molecular weight excluding hydrogens is 191 g/mol. The van der Waals surface area contributed by atoms with Crippen molar-refractivity contribution in [2.45, 2.75) is 25.6 Å². The molecule has 0 aliphatic rings. The van der Waals surface area contributed by atoms with Crippen molar-refractivity contribution in [3.8, 4) is 0 Å². The molecule has 0 aromatic heterocycles. The summed E-state index contributed by atoms with van der Waals surface area (Å²) in [6.07, 6.45) is 4.69. The molecule has 0 bridgehead atoms. The average molecular weight is 210 g/mol. The summed E-state index contributed by atoms with van der Waals surface area (Å²) < 4.78 is 0. The van der Waals surface area contributed by atoms with Crippen LogP contribution in [-0.2, 0) is 9.59 Å². The summed E-state index contributed by atoms with van der Waals surface area (Å²) in [5.74, 6) is -0.0377. The van der Waals surface area contributed by atoms with E-state index >= 15 is 0 Å². The standard InChI is InChI=1S/C10H19BN2O2/c1-2-9(14)12-6-4-3-5-7-13-10(15)8-11/h2H,1,3-8,11H2,(H,12,14)(H,13,15). The first-order chi connectivity index (χ1) is 7.20. The van der Waals surface area contributed by atoms with Crippen LogP contribution in [0, 0.1) is 0 Å². The lowest BCUT2D eigenvalue weighted by Gasteiger charge is -2.04. The van der Waals surface area contributed by atoms with E-state index < -0.39 is 0 Å². The van der Waals surface area contributed by atoms with Gasteiger partial charge in [0.25, 0.3) is 0 Å². The van der Waals surface area contributed by atoms with Crippen molar-refractivity contribution < 1.29 is 9.59 Å². The molecule has 0 aromatic carbocycles. The highest BCUT2D eigenvalue weighted by molar-refractivity contribution is 6.19. The predicted molar refractivity (Wildman–Crippen MR) is 63.4 cm³/mol. The molecule has 2 N–H and O–H groups in total. The Labute approximate surface area is 91.9 Å². The number of hydrogen-bond acceptors (Lipinski definition) is 2. The molecule has 0 heterocycles. The molecule has 15 heavy (non-hydrogen) atoms. The fourth-order valence-electron chi connectivity index (χ4n) is 1.06. The number of hydrogen-bond donors (Lipinski definition) is 2. The van der Waals surface area contributed by atoms with Crippen LogP contribution in [0.15, 0.2) is 12.7 Å². The quantitative estimate of drug-likeness (QED) is 0.326. The third-order valence-electron chi connectivity index (χ3n) is 1.98. The topological polar surface area (TPSA) is 58.2 Å². The van der Waals surface area contributed by atoms with Crippen molar-refractivity contribution >= 4 is 19.7 Å². The molecule has 0 aromatic rings. The van der Waals surface area contributed by atoms with E-state index in [0.29, 0.717) is 12.9 Å². The van der Waals surface area contributed by atoms with Crippen LogP contribution in [0.3, 0.4) is 0 Å². The Balaban J connectivity index is 3.15. The molecule has 2 amide bonds. The maximum atomic E-state index is 10.8. The maximum Gasteiger partial charge on any atom is 0.243 e. The Bertz CT molecular complexity index is 219. The first-order valence-electron chi connectivity index (χ1n) is 5.37. The Kier molecular flexibility index (Phi) is 8.53. The van der Waals surface area contributed by atoms with Crippen LogP contribution in [-0.4, -0.2) is 32.8 Å². The second-order valence-electron chi connectivity index (χ2n) is 3.26. The molecule has 84 valence electrons. The molecule has 0 fully saturated rings. The Morgan fingerprint density at radius 2 is 1.73 bits per heavy atom. The smallest absolute Gasteiger partial charge is 0.243 e. The highest BCUT2D eigenvalue weighted by atomic mass is 16.2. The van der Waals surface area contributed by atoms with Gasteiger partial charge < -0.3 is 10.6 Å². The summed E-state index contributed by atoms with van der Waals surface area (Å²) >= 11 is 0. The largest absolute Gasteiger partial charge is 0.357 e. The molecule has 5 heteroatoms. The van der Waals surface area contributed by atoms with Gasteiger partial charge in [-0.25, -0.2) is 0 Å². The van der Waals surface area contributed by atoms with Gasteiger partial charge in [0.2, 0.25) is 11.8 Å². The van der Waals surface area contributed by atoms with Crippen molar-refractivity contribution in [3.05, 3.63) is 12.7 Å². The van der Waals surface area contributed by atoms with Crippen LogP contribution in [0.1, 0.15) is 19.3 Å². The van der Waals surface area contributed by atoms with Gasteiger partial charge >= 0.3 is 0 Å². The molecule has 0 aliphatic heterocycles. The minimum absolute atomic E-state index is 0.0926. The predicted octanol–water partition coefficient (Wildman–Crippen LogP) is -0.373. The maximum absolute atomic E-state index is 10.8. The molecule has 0 saturated heterocycles. The summed E-state index contributed by atoms with van der Waals surface area (Å²) in [6, 6.07) is 0. The molecule has 4 nitrogen and oxygen atoms in total. The lowest BCUT2D eigenvalue weighted by Crippen LogP contribution is -2.24. The van der Waals surface area contributed by atoms with Crippen molar-refractivity contribution in [1.29, 1.82) is 0 Å². The highest BCUT2D eigenvalue weighted by Crippen LogP contribution is 1.92. The number of amides is 2. The van der Waals surface area contributed by atoms with Gasteiger partial charge in [-0.1, -0.05) is 6.58 Å². The van der Waals surface area contributed by atoms with Crippen molar-refractivity contribution in [2.75, 3.05) is 13.1 Å². The fourth-order valence-corrected chi connectivity index (χ4v) is 1.06. The van der Waals surface area contributed by atoms with Crippen LogP contribution in [0.5, 0.6) is 0 Å². The van der Waals surface area contributed by atoms with Crippen LogP contribution in [0.4, 0.5) is 0 Å². The third kappa shape index (κ3) is 9.06. The monoisotopic (exact) mass is 210 g/mol. The van der Waals surface area contributed by atoms with Crippen molar-refractivity contribution in [3.63, 3.8) is 0 Å². The van der Waals surface area contributed by atoms with Gasteiger partial charge in [-0.2, -0.15) is 0 Å². The lowest BCUT2D eigenvalue weighted by atomic mass is 10.1. The van der Waals surface area contributed by atoms with Crippen LogP contribution in [0.25, 0.3) is 0 Å². The molecule has 0 radical (unpaired) electrons. The first-order valence-corrected chi connectivity index (χ1v) is 5.37. The Morgan fingerprint density at radius 1 is 1.13 bits per heavy atom. The second kappa shape index (κ2) is 9.31. The zero-order valence-electron chi connectivity index (χ0n) is 9.34. The zero-order chi connectivity index (χ0) is 11.5. The van der Waals surface area contributed by atoms with Crippen molar-refractivity contribution in [2.24, 2.45) is 0 Å². The van der Waals surface area contributed by atoms with Crippen molar-refractivity contribution in [1.82, 2.24) is 10.6 Å². The molecule has 0 atom stereocenters. The Hall–Kier alpha value is -1.26. The van der Waals surface area contributed by atoms with E-state index in [0.717, 1.165) is 25.8 Å². The van der Waals surface area contributed by atoms with Gasteiger partial charge in [-0.15, -0.1) is 0 Å². The summed E-state index contributed by atoms with van der Waals surface area (Å²) in [4.78, 5) is 21.6. The highest BCUT2D eigenvalue weighted by Gasteiger charge is 1.96. The summed E-state index contributed by atoms with van der Waals surface area (Å²) in [5.41, 5.74) is 0. The van der Waals surface area contributed by atoms with Gasteiger partial charge in [-0.05, 0) is 31.7 Å². The molecule has 0 saturated carbocycles. The van der Waals surface area contributed by atoms with E-state index in [1.54, 1.807) is 0 Å². The number of carbonyl (C=O) groups is 2. The molecule has 0 unspecified atom stereocenters. The first kappa shape index (κ1) is 13.7. The molecular formula is C10H19BN2O2. The summed E-state index contributed by atoms with van der Waals surface area (Å²) in [5, 5.41) is 5.50. The number of rotatable bonds is 8. The van der Waals surface area contributed by atoms with Crippen LogP contribution in [0.2, 0.25) is 6.32 Å². The SMILES string of the molecule is BCC(=O)NCCCCCNC(=O)C=C. The van der Waals surface area contributed by atoms with Gasteiger partial charge in [0.1, 0.15) is 7.85 Å². The summed E-state index contributed by atoms with van der Waals surface area (Å²) in [7, 11) is 1.83.